The molecule has 0 saturated carbocycles. The summed E-state index contributed by atoms with van der Waals surface area (Å²) in [4.78, 5) is 18.3. The molecule has 2 nitrogen and oxygen atoms in total. The molecule has 0 saturated heterocycles. The second kappa shape index (κ2) is 9.36. The average molecular weight is 112 g/mol. The van der Waals surface area contributed by atoms with Crippen molar-refractivity contribution in [3.8, 4) is 0 Å². The maximum absolute atomic E-state index is 9.17. The van der Waals surface area contributed by atoms with Gasteiger partial charge < -0.3 is 11.0 Å². The molecule has 0 radical (unpaired) electrons. The van der Waals surface area contributed by atoms with Crippen molar-refractivity contribution in [2.75, 3.05) is 0 Å². The standard InChI is InChI=1S/C3H4O2.K.H/c4-2-1-3-5;;/h2-3H,1H2;;/q;+1;-1. The minimum absolute atomic E-state index is 0. The third kappa shape index (κ3) is 8.88. The van der Waals surface area contributed by atoms with E-state index in [0.717, 1.165) is 0 Å². The predicted molar refractivity (Wildman–Crippen MR) is 17.9 cm³/mol. The predicted octanol–water partition coefficient (Wildman–Crippen LogP) is -3.11. The molecule has 0 unspecified atom stereocenters. The van der Waals surface area contributed by atoms with Gasteiger partial charge in [-0.05, 0) is 0 Å². The molecule has 0 bridgehead atoms. The van der Waals surface area contributed by atoms with Crippen LogP contribution in [0.25, 0.3) is 0 Å². The molecule has 0 aromatic rings. The molecule has 0 spiro atoms. The van der Waals surface area contributed by atoms with Gasteiger partial charge in [-0.15, -0.1) is 0 Å². The van der Waals surface area contributed by atoms with Crippen LogP contribution in [0.1, 0.15) is 7.85 Å². The summed E-state index contributed by atoms with van der Waals surface area (Å²) in [6, 6.07) is 0. The van der Waals surface area contributed by atoms with Crippen molar-refractivity contribution in [3.05, 3.63) is 0 Å². The van der Waals surface area contributed by atoms with Crippen molar-refractivity contribution in [3.63, 3.8) is 0 Å². The molecule has 0 amide bonds. The summed E-state index contributed by atoms with van der Waals surface area (Å²) in [5.74, 6) is 0. The van der Waals surface area contributed by atoms with Crippen molar-refractivity contribution in [2.45, 2.75) is 6.42 Å². The fourth-order valence-electron chi connectivity index (χ4n) is 0.0393. The molecule has 0 aliphatic heterocycles. The minimum Gasteiger partial charge on any atom is -1.00 e. The number of carbonyl (C=O) groups excluding carboxylic acids is 2. The molecule has 6 heavy (non-hydrogen) atoms. The van der Waals surface area contributed by atoms with Crippen LogP contribution in [0.3, 0.4) is 0 Å². The van der Waals surface area contributed by atoms with Crippen molar-refractivity contribution in [1.82, 2.24) is 0 Å². The van der Waals surface area contributed by atoms with Crippen molar-refractivity contribution >= 4 is 12.6 Å². The first kappa shape index (κ1) is 10.1. The number of rotatable bonds is 2. The largest absolute Gasteiger partial charge is 1.00 e. The second-order valence-corrected chi connectivity index (χ2v) is 0.569. The zero-order valence-corrected chi connectivity index (χ0v) is 6.80. The monoisotopic (exact) mass is 112 g/mol. The van der Waals surface area contributed by atoms with Gasteiger partial charge >= 0.3 is 51.4 Å². The third-order valence-electron chi connectivity index (χ3n) is 0.192. The molecule has 0 aromatic carbocycles. The van der Waals surface area contributed by atoms with E-state index in [4.69, 9.17) is 0 Å². The number of hydrogen-bond donors (Lipinski definition) is 0. The maximum atomic E-state index is 9.17. The third-order valence-corrected chi connectivity index (χ3v) is 0.192. The van der Waals surface area contributed by atoms with Gasteiger partial charge in [-0.1, -0.05) is 0 Å². The van der Waals surface area contributed by atoms with E-state index >= 15 is 0 Å². The topological polar surface area (TPSA) is 34.1 Å². The molecule has 0 aliphatic carbocycles. The first-order chi connectivity index (χ1) is 2.41. The van der Waals surface area contributed by atoms with E-state index in [2.05, 4.69) is 0 Å². The zero-order chi connectivity index (χ0) is 4.12. The Labute approximate surface area is 80.2 Å². The smallest absolute Gasteiger partial charge is 1.00 e. The SMILES string of the molecule is O=CCC=O.[H-].[K+]. The van der Waals surface area contributed by atoms with E-state index in [1.807, 2.05) is 0 Å². The first-order valence-electron chi connectivity index (χ1n) is 1.29. The number of aldehydes is 2. The van der Waals surface area contributed by atoms with Gasteiger partial charge in [0, 0.05) is 0 Å². The Morgan fingerprint density at radius 2 is 1.67 bits per heavy atom. The summed E-state index contributed by atoms with van der Waals surface area (Å²) in [5.41, 5.74) is 0. The molecular weight excluding hydrogens is 107 g/mol. The minimum atomic E-state index is 0. The Bertz CT molecular complexity index is 42.2. The van der Waals surface area contributed by atoms with Crippen molar-refractivity contribution in [2.24, 2.45) is 0 Å². The van der Waals surface area contributed by atoms with E-state index in [9.17, 15) is 9.59 Å². The van der Waals surface area contributed by atoms with Crippen LogP contribution in [0, 0.1) is 0 Å². The van der Waals surface area contributed by atoms with Gasteiger partial charge in [-0.25, -0.2) is 0 Å². The molecule has 0 fully saturated rings. The molecule has 3 heteroatoms. The normalized spacial score (nSPS) is 5.33. The molecule has 0 aromatic heterocycles. The molecule has 0 rings (SSSR count). The molecular formula is C3H5KO2. The van der Waals surface area contributed by atoms with Gasteiger partial charge in [0.25, 0.3) is 0 Å². The number of hydrogen-bond acceptors (Lipinski definition) is 2. The first-order valence-corrected chi connectivity index (χ1v) is 1.29. The van der Waals surface area contributed by atoms with Crippen LogP contribution in [0.15, 0.2) is 0 Å². The van der Waals surface area contributed by atoms with E-state index in [1.165, 1.54) is 0 Å². The Morgan fingerprint density at radius 1 is 1.33 bits per heavy atom. The van der Waals surface area contributed by atoms with Crippen LogP contribution < -0.4 is 51.4 Å². The fraction of sp³-hybridized carbons (Fsp3) is 0.333. The van der Waals surface area contributed by atoms with Gasteiger partial charge in [-0.3, -0.25) is 0 Å². The van der Waals surface area contributed by atoms with Gasteiger partial charge in [-0.2, -0.15) is 0 Å². The van der Waals surface area contributed by atoms with Crippen LogP contribution in [-0.2, 0) is 9.59 Å². The zero-order valence-electron chi connectivity index (χ0n) is 4.68. The average Bonchev–Trinajstić information content (AvgIpc) is 1.41. The summed E-state index contributed by atoms with van der Waals surface area (Å²) in [5, 5.41) is 0. The molecule has 0 heterocycles. The Hall–Kier alpha value is 0.976. The van der Waals surface area contributed by atoms with Gasteiger partial charge in [0.1, 0.15) is 12.6 Å². The fourth-order valence-corrected chi connectivity index (χ4v) is 0.0393. The van der Waals surface area contributed by atoms with E-state index in [0.29, 0.717) is 12.6 Å². The Morgan fingerprint density at radius 3 is 1.67 bits per heavy atom. The summed E-state index contributed by atoms with van der Waals surface area (Å²) < 4.78 is 0. The van der Waals surface area contributed by atoms with Crippen LogP contribution in [0.5, 0.6) is 0 Å². The van der Waals surface area contributed by atoms with Crippen molar-refractivity contribution in [1.29, 1.82) is 0 Å². The van der Waals surface area contributed by atoms with Gasteiger partial charge in [0.2, 0.25) is 0 Å². The van der Waals surface area contributed by atoms with Crippen LogP contribution in [-0.4, -0.2) is 12.6 Å². The van der Waals surface area contributed by atoms with Crippen molar-refractivity contribution < 1.29 is 62.4 Å². The molecule has 0 aliphatic rings. The number of carbonyl (C=O) groups is 2. The summed E-state index contributed by atoms with van der Waals surface area (Å²) in [6.07, 6.45) is 1.15. The van der Waals surface area contributed by atoms with Crippen LogP contribution >= 0.6 is 0 Å². The summed E-state index contributed by atoms with van der Waals surface area (Å²) >= 11 is 0. The summed E-state index contributed by atoms with van der Waals surface area (Å²) in [6.45, 7) is 0. The Kier molecular flexibility index (Phi) is 15.7. The molecule has 30 valence electrons. The Balaban J connectivity index is -0.0000000800. The second-order valence-electron chi connectivity index (χ2n) is 0.569. The molecule has 0 atom stereocenters. The van der Waals surface area contributed by atoms with Gasteiger partial charge in [0.05, 0.1) is 6.42 Å². The van der Waals surface area contributed by atoms with Crippen LogP contribution in [0.4, 0.5) is 0 Å². The quantitative estimate of drug-likeness (QED) is 0.215. The van der Waals surface area contributed by atoms with Gasteiger partial charge in [0.15, 0.2) is 0 Å². The van der Waals surface area contributed by atoms with Crippen LogP contribution in [0.2, 0.25) is 0 Å². The van der Waals surface area contributed by atoms with E-state index in [1.54, 1.807) is 0 Å². The van der Waals surface area contributed by atoms with E-state index < -0.39 is 0 Å². The summed E-state index contributed by atoms with van der Waals surface area (Å²) in [7, 11) is 0. The maximum Gasteiger partial charge on any atom is 1.00 e. The molecule has 0 N–H and O–H groups in total. The van der Waals surface area contributed by atoms with E-state index in [-0.39, 0.29) is 59.2 Å².